The van der Waals surface area contributed by atoms with Gasteiger partial charge in [-0.05, 0) is 48.9 Å². The van der Waals surface area contributed by atoms with Crippen molar-refractivity contribution in [2.45, 2.75) is 13.3 Å². The number of hydrogen-bond donors (Lipinski definition) is 2. The normalized spacial score (nSPS) is 10.7. The van der Waals surface area contributed by atoms with Crippen LogP contribution in [0.4, 0.5) is 0 Å². The third-order valence-corrected chi connectivity index (χ3v) is 4.01. The molecule has 0 aliphatic rings. The van der Waals surface area contributed by atoms with Crippen molar-refractivity contribution in [1.82, 2.24) is 9.55 Å². The molecule has 0 atom stereocenters. The summed E-state index contributed by atoms with van der Waals surface area (Å²) in [7, 11) is 0. The molecule has 0 unspecified atom stereocenters. The van der Waals surface area contributed by atoms with Gasteiger partial charge in [0, 0.05) is 24.8 Å². The Morgan fingerprint density at radius 3 is 2.73 bits per heavy atom. The number of aromatic nitrogens is 2. The van der Waals surface area contributed by atoms with Crippen LogP contribution in [0.3, 0.4) is 0 Å². The van der Waals surface area contributed by atoms with Gasteiger partial charge < -0.3 is 14.9 Å². The molecule has 6 heteroatoms. The average Bonchev–Trinajstić information content (AvgIpc) is 2.65. The van der Waals surface area contributed by atoms with E-state index in [1.807, 2.05) is 24.3 Å². The van der Waals surface area contributed by atoms with E-state index in [4.69, 9.17) is 9.84 Å². The van der Waals surface area contributed by atoms with Crippen LogP contribution < -0.4 is 10.4 Å². The van der Waals surface area contributed by atoms with Crippen LogP contribution in [0.15, 0.2) is 59.5 Å². The molecule has 0 radical (unpaired) electrons. The van der Waals surface area contributed by atoms with Crippen LogP contribution in [0, 0.1) is 6.92 Å². The molecule has 26 heavy (non-hydrogen) atoms. The van der Waals surface area contributed by atoms with E-state index >= 15 is 0 Å². The van der Waals surface area contributed by atoms with Crippen molar-refractivity contribution in [3.8, 4) is 28.4 Å². The first kappa shape index (κ1) is 17.7. The highest BCUT2D eigenvalue weighted by Gasteiger charge is 2.14. The lowest BCUT2D eigenvalue weighted by molar-refractivity contribution is 0.234. The number of hydrogen-bond acceptors (Lipinski definition) is 5. The highest BCUT2D eigenvalue weighted by atomic mass is 16.5. The number of aryl methyl sites for hydroxylation is 1. The van der Waals surface area contributed by atoms with Crippen molar-refractivity contribution < 1.29 is 14.9 Å². The summed E-state index contributed by atoms with van der Waals surface area (Å²) in [5, 5.41) is 18.7. The summed E-state index contributed by atoms with van der Waals surface area (Å²) in [5.41, 5.74) is 2.23. The van der Waals surface area contributed by atoms with E-state index in [0.717, 1.165) is 5.56 Å². The van der Waals surface area contributed by atoms with E-state index in [0.29, 0.717) is 35.7 Å². The van der Waals surface area contributed by atoms with Crippen molar-refractivity contribution in [2.24, 2.45) is 0 Å². The number of nitrogens with zero attached hydrogens (tertiary/aromatic N) is 2. The van der Waals surface area contributed by atoms with E-state index in [9.17, 15) is 9.90 Å². The predicted octanol–water partition coefficient (Wildman–Crippen LogP) is 2.67. The molecule has 3 rings (SSSR count). The first-order valence-electron chi connectivity index (χ1n) is 8.33. The summed E-state index contributed by atoms with van der Waals surface area (Å²) in [5.74, 6) is 0.788. The summed E-state index contributed by atoms with van der Waals surface area (Å²) in [6.45, 7) is 2.20. The summed E-state index contributed by atoms with van der Waals surface area (Å²) in [6.07, 6.45) is 1.99. The standard InChI is InChI=1S/C20H20N2O4/c1-14-13-15(7-8-18(14)24)22-17(9-10-21-20(22)25)16-5-2-3-6-19(16)26-12-4-11-23/h2-3,5-10,13,23-24H,4,11-12H2,1H3. The van der Waals surface area contributed by atoms with Gasteiger partial charge in [0.1, 0.15) is 11.5 Å². The number of phenols is 1. The third-order valence-electron chi connectivity index (χ3n) is 4.01. The molecule has 0 spiro atoms. The third kappa shape index (κ3) is 3.60. The maximum Gasteiger partial charge on any atom is 0.352 e. The van der Waals surface area contributed by atoms with Crippen molar-refractivity contribution in [1.29, 1.82) is 0 Å². The number of aliphatic hydroxyl groups excluding tert-OH is 1. The van der Waals surface area contributed by atoms with E-state index in [2.05, 4.69) is 4.98 Å². The Balaban J connectivity index is 2.14. The first-order valence-corrected chi connectivity index (χ1v) is 8.33. The van der Waals surface area contributed by atoms with Crippen molar-refractivity contribution in [2.75, 3.05) is 13.2 Å². The van der Waals surface area contributed by atoms with Gasteiger partial charge in [0.05, 0.1) is 18.0 Å². The van der Waals surface area contributed by atoms with Crippen LogP contribution in [-0.4, -0.2) is 33.0 Å². The first-order chi connectivity index (χ1) is 12.6. The molecule has 3 aromatic rings. The summed E-state index contributed by atoms with van der Waals surface area (Å²) >= 11 is 0. The summed E-state index contributed by atoms with van der Waals surface area (Å²) < 4.78 is 7.26. The lowest BCUT2D eigenvalue weighted by Gasteiger charge is -2.16. The van der Waals surface area contributed by atoms with Crippen LogP contribution in [0.25, 0.3) is 16.9 Å². The number of phenolic OH excluding ortho intramolecular Hbond substituents is 1. The van der Waals surface area contributed by atoms with Crippen LogP contribution in [-0.2, 0) is 0 Å². The maximum atomic E-state index is 12.5. The minimum absolute atomic E-state index is 0.0505. The molecule has 0 aliphatic heterocycles. The van der Waals surface area contributed by atoms with Gasteiger partial charge in [-0.25, -0.2) is 9.78 Å². The lowest BCUT2D eigenvalue weighted by Crippen LogP contribution is -2.22. The van der Waals surface area contributed by atoms with Gasteiger partial charge in [0.25, 0.3) is 0 Å². The zero-order valence-corrected chi connectivity index (χ0v) is 14.4. The zero-order chi connectivity index (χ0) is 18.5. The summed E-state index contributed by atoms with van der Waals surface area (Å²) in [4.78, 5) is 16.4. The Labute approximate surface area is 151 Å². The Bertz CT molecular complexity index is 966. The Morgan fingerprint density at radius 2 is 1.96 bits per heavy atom. The maximum absolute atomic E-state index is 12.5. The second-order valence-electron chi connectivity index (χ2n) is 5.84. The van der Waals surface area contributed by atoms with Gasteiger partial charge in [-0.3, -0.25) is 4.57 Å². The Kier molecular flexibility index (Phi) is 5.34. The zero-order valence-electron chi connectivity index (χ0n) is 14.4. The molecule has 2 N–H and O–H groups in total. The van der Waals surface area contributed by atoms with Crippen molar-refractivity contribution in [3.05, 3.63) is 70.8 Å². The van der Waals surface area contributed by atoms with E-state index in [1.165, 1.54) is 10.8 Å². The predicted molar refractivity (Wildman–Crippen MR) is 98.9 cm³/mol. The van der Waals surface area contributed by atoms with Gasteiger partial charge >= 0.3 is 5.69 Å². The molecule has 0 amide bonds. The number of rotatable bonds is 6. The van der Waals surface area contributed by atoms with Crippen molar-refractivity contribution >= 4 is 0 Å². The molecular weight excluding hydrogens is 332 g/mol. The molecule has 0 bridgehead atoms. The monoisotopic (exact) mass is 352 g/mol. The number of benzene rings is 2. The topological polar surface area (TPSA) is 84.6 Å². The van der Waals surface area contributed by atoms with E-state index in [-0.39, 0.29) is 12.4 Å². The highest BCUT2D eigenvalue weighted by Crippen LogP contribution is 2.31. The second kappa shape index (κ2) is 7.84. The molecule has 6 nitrogen and oxygen atoms in total. The fourth-order valence-electron chi connectivity index (χ4n) is 2.70. The molecule has 134 valence electrons. The minimum atomic E-state index is -0.419. The fourth-order valence-corrected chi connectivity index (χ4v) is 2.70. The molecule has 1 aromatic heterocycles. The smallest absolute Gasteiger partial charge is 0.352 e. The molecule has 0 aliphatic carbocycles. The van der Waals surface area contributed by atoms with Crippen molar-refractivity contribution in [3.63, 3.8) is 0 Å². The Morgan fingerprint density at radius 1 is 1.15 bits per heavy atom. The SMILES string of the molecule is Cc1cc(-n2c(-c3ccccc3OCCCO)ccnc2=O)ccc1O. The lowest BCUT2D eigenvalue weighted by atomic mass is 10.1. The number of aliphatic hydroxyl groups is 1. The molecular formula is C20H20N2O4. The van der Waals surface area contributed by atoms with Gasteiger partial charge in [-0.1, -0.05) is 12.1 Å². The van der Waals surface area contributed by atoms with Gasteiger partial charge in [-0.2, -0.15) is 0 Å². The number of ether oxygens (including phenoxy) is 1. The van der Waals surface area contributed by atoms with Crippen LogP contribution >= 0.6 is 0 Å². The molecule has 0 saturated heterocycles. The number of para-hydroxylation sites is 1. The Hall–Kier alpha value is -3.12. The molecule has 0 saturated carbocycles. The van der Waals surface area contributed by atoms with Crippen LogP contribution in [0.5, 0.6) is 11.5 Å². The van der Waals surface area contributed by atoms with Gasteiger partial charge in [-0.15, -0.1) is 0 Å². The quantitative estimate of drug-likeness (QED) is 0.666. The summed E-state index contributed by atoms with van der Waals surface area (Å²) in [6, 6.07) is 14.1. The van der Waals surface area contributed by atoms with Crippen LogP contribution in [0.2, 0.25) is 0 Å². The highest BCUT2D eigenvalue weighted by molar-refractivity contribution is 5.69. The van der Waals surface area contributed by atoms with Gasteiger partial charge in [0.2, 0.25) is 0 Å². The second-order valence-corrected chi connectivity index (χ2v) is 5.84. The van der Waals surface area contributed by atoms with E-state index < -0.39 is 5.69 Å². The number of aromatic hydroxyl groups is 1. The fraction of sp³-hybridized carbons (Fsp3) is 0.200. The largest absolute Gasteiger partial charge is 0.508 e. The average molecular weight is 352 g/mol. The minimum Gasteiger partial charge on any atom is -0.508 e. The van der Waals surface area contributed by atoms with E-state index in [1.54, 1.807) is 31.2 Å². The molecule has 2 aromatic carbocycles. The van der Waals surface area contributed by atoms with Gasteiger partial charge in [0.15, 0.2) is 0 Å². The van der Waals surface area contributed by atoms with Crippen LogP contribution in [0.1, 0.15) is 12.0 Å². The molecule has 1 heterocycles. The molecule has 0 fully saturated rings.